The second-order valence-electron chi connectivity index (χ2n) is 7.69. The summed E-state index contributed by atoms with van der Waals surface area (Å²) in [6.45, 7) is 2.27. The Morgan fingerprint density at radius 1 is 1.06 bits per heavy atom. The molecule has 0 saturated carbocycles. The van der Waals surface area contributed by atoms with Gasteiger partial charge in [-0.15, -0.1) is 11.3 Å². The van der Waals surface area contributed by atoms with Gasteiger partial charge in [-0.25, -0.2) is 12.8 Å². The van der Waals surface area contributed by atoms with Crippen LogP contribution in [0.25, 0.3) is 0 Å². The van der Waals surface area contributed by atoms with E-state index in [0.29, 0.717) is 11.6 Å². The molecular formula is C24H26ClFN2O4S2. The smallest absolute Gasteiger partial charge is 0.243 e. The Hall–Kier alpha value is -2.30. The predicted molar refractivity (Wildman–Crippen MR) is 132 cm³/mol. The Balaban J connectivity index is 1.87. The number of carbonyl (C=O) groups excluding carboxylic acids is 1. The minimum atomic E-state index is -3.97. The highest BCUT2D eigenvalue weighted by Gasteiger charge is 2.29. The van der Waals surface area contributed by atoms with E-state index in [1.165, 1.54) is 54.8 Å². The van der Waals surface area contributed by atoms with Crippen LogP contribution in [-0.2, 0) is 32.6 Å². The van der Waals surface area contributed by atoms with E-state index in [4.69, 9.17) is 16.3 Å². The number of carbonyl (C=O) groups is 1. The van der Waals surface area contributed by atoms with Gasteiger partial charge in [-0.3, -0.25) is 4.79 Å². The lowest BCUT2D eigenvalue weighted by atomic mass is 10.2. The number of rotatable bonds is 11. The molecule has 0 aliphatic heterocycles. The number of benzene rings is 2. The summed E-state index contributed by atoms with van der Waals surface area (Å²) in [6, 6.07) is 13.7. The lowest BCUT2D eigenvalue weighted by molar-refractivity contribution is -0.132. The first-order chi connectivity index (χ1) is 16.2. The quantitative estimate of drug-likeness (QED) is 0.364. The second kappa shape index (κ2) is 11.9. The summed E-state index contributed by atoms with van der Waals surface area (Å²) in [4.78, 5) is 16.1. The van der Waals surface area contributed by atoms with Crippen LogP contribution in [0, 0.1) is 12.7 Å². The van der Waals surface area contributed by atoms with Gasteiger partial charge in [0.05, 0.1) is 24.6 Å². The molecule has 0 bridgehead atoms. The molecule has 2 aromatic carbocycles. The number of thiophene rings is 1. The van der Waals surface area contributed by atoms with Gasteiger partial charge in [-0.1, -0.05) is 23.7 Å². The maximum Gasteiger partial charge on any atom is 0.243 e. The third kappa shape index (κ3) is 6.86. The highest BCUT2D eigenvalue weighted by molar-refractivity contribution is 7.89. The van der Waals surface area contributed by atoms with Crippen LogP contribution in [0.15, 0.2) is 64.9 Å². The standard InChI is InChI=1S/C24H26ClFN2O4S2/c1-18-11-14-33-23(18)16-27(15-19-3-7-21(26)8-4-19)24(29)17-28(12-13-32-2)34(30,31)22-9-5-20(25)6-10-22/h3-11,14H,12-13,15-17H2,1-2H3. The molecule has 34 heavy (non-hydrogen) atoms. The van der Waals surface area contributed by atoms with E-state index < -0.39 is 10.0 Å². The molecule has 0 aliphatic rings. The van der Waals surface area contributed by atoms with Crippen molar-refractivity contribution in [3.8, 4) is 0 Å². The van der Waals surface area contributed by atoms with Crippen molar-refractivity contribution in [3.05, 3.63) is 86.8 Å². The molecule has 1 aromatic heterocycles. The van der Waals surface area contributed by atoms with Crippen molar-refractivity contribution < 1.29 is 22.3 Å². The van der Waals surface area contributed by atoms with Crippen molar-refractivity contribution in [2.45, 2.75) is 24.9 Å². The molecule has 3 aromatic rings. The fourth-order valence-electron chi connectivity index (χ4n) is 3.27. The van der Waals surface area contributed by atoms with Gasteiger partial charge in [0.25, 0.3) is 0 Å². The minimum absolute atomic E-state index is 0.00954. The summed E-state index contributed by atoms with van der Waals surface area (Å²) >= 11 is 7.43. The van der Waals surface area contributed by atoms with Gasteiger partial charge in [-0.05, 0) is 65.9 Å². The van der Waals surface area contributed by atoms with Crippen molar-refractivity contribution in [3.63, 3.8) is 0 Å². The molecule has 0 atom stereocenters. The van der Waals surface area contributed by atoms with Crippen LogP contribution in [0.1, 0.15) is 16.0 Å². The number of hydrogen-bond acceptors (Lipinski definition) is 5. The number of hydrogen-bond donors (Lipinski definition) is 0. The van der Waals surface area contributed by atoms with Crippen LogP contribution in [0.2, 0.25) is 5.02 Å². The van der Waals surface area contributed by atoms with E-state index in [-0.39, 0.29) is 42.9 Å². The first-order valence-corrected chi connectivity index (χ1v) is 13.2. The largest absolute Gasteiger partial charge is 0.383 e. The summed E-state index contributed by atoms with van der Waals surface area (Å²) in [7, 11) is -2.50. The topological polar surface area (TPSA) is 66.9 Å². The van der Waals surface area contributed by atoms with E-state index >= 15 is 0 Å². The second-order valence-corrected chi connectivity index (χ2v) is 11.1. The van der Waals surface area contributed by atoms with E-state index in [0.717, 1.165) is 20.3 Å². The fraction of sp³-hybridized carbons (Fsp3) is 0.292. The van der Waals surface area contributed by atoms with E-state index in [2.05, 4.69) is 0 Å². The lowest BCUT2D eigenvalue weighted by Crippen LogP contribution is -2.43. The third-order valence-electron chi connectivity index (χ3n) is 5.25. The number of halogens is 2. The van der Waals surface area contributed by atoms with Crippen LogP contribution in [-0.4, -0.2) is 50.3 Å². The third-order valence-corrected chi connectivity index (χ3v) is 8.37. The normalized spacial score (nSPS) is 11.7. The van der Waals surface area contributed by atoms with E-state index in [1.54, 1.807) is 17.0 Å². The zero-order valence-electron chi connectivity index (χ0n) is 18.9. The molecular weight excluding hydrogens is 499 g/mol. The maximum atomic E-state index is 13.4. The number of nitrogens with zero attached hydrogens (tertiary/aromatic N) is 2. The molecule has 1 heterocycles. The zero-order chi connectivity index (χ0) is 24.7. The monoisotopic (exact) mass is 524 g/mol. The van der Waals surface area contributed by atoms with Crippen LogP contribution in [0.5, 0.6) is 0 Å². The number of methoxy groups -OCH3 is 1. The highest BCUT2D eigenvalue weighted by atomic mass is 35.5. The van der Waals surface area contributed by atoms with Crippen LogP contribution >= 0.6 is 22.9 Å². The Kier molecular flexibility index (Phi) is 9.21. The molecule has 0 saturated heterocycles. The van der Waals surface area contributed by atoms with Gasteiger partial charge in [-0.2, -0.15) is 4.31 Å². The number of ether oxygens (including phenoxy) is 1. The van der Waals surface area contributed by atoms with Gasteiger partial charge < -0.3 is 9.64 Å². The molecule has 0 unspecified atom stereocenters. The molecule has 0 N–H and O–H groups in total. The van der Waals surface area contributed by atoms with Crippen molar-refractivity contribution in [2.75, 3.05) is 26.8 Å². The van der Waals surface area contributed by atoms with Crippen molar-refractivity contribution in [1.82, 2.24) is 9.21 Å². The van der Waals surface area contributed by atoms with Crippen LogP contribution < -0.4 is 0 Å². The molecule has 6 nitrogen and oxygen atoms in total. The van der Waals surface area contributed by atoms with Gasteiger partial charge in [0.15, 0.2) is 0 Å². The first-order valence-electron chi connectivity index (χ1n) is 10.5. The molecule has 1 amide bonds. The Bertz CT molecular complexity index is 1200. The lowest BCUT2D eigenvalue weighted by Gasteiger charge is -2.27. The number of sulfonamides is 1. The van der Waals surface area contributed by atoms with Gasteiger partial charge in [0.2, 0.25) is 15.9 Å². The van der Waals surface area contributed by atoms with Gasteiger partial charge >= 0.3 is 0 Å². The molecule has 10 heteroatoms. The van der Waals surface area contributed by atoms with Gasteiger partial charge in [0, 0.05) is 30.1 Å². The fourth-order valence-corrected chi connectivity index (χ4v) is 5.69. The Morgan fingerprint density at radius 3 is 2.32 bits per heavy atom. The number of amides is 1. The average molecular weight is 525 g/mol. The number of aryl methyl sites for hydroxylation is 1. The molecule has 0 radical (unpaired) electrons. The summed E-state index contributed by atoms with van der Waals surface area (Å²) in [5, 5.41) is 2.36. The molecule has 0 fully saturated rings. The Morgan fingerprint density at radius 2 is 1.74 bits per heavy atom. The van der Waals surface area contributed by atoms with E-state index in [1.807, 2.05) is 18.4 Å². The maximum absolute atomic E-state index is 13.4. The van der Waals surface area contributed by atoms with Crippen LogP contribution in [0.4, 0.5) is 4.39 Å². The molecule has 0 aliphatic carbocycles. The molecule has 3 rings (SSSR count). The minimum Gasteiger partial charge on any atom is -0.383 e. The summed E-state index contributed by atoms with van der Waals surface area (Å²) < 4.78 is 46.2. The van der Waals surface area contributed by atoms with E-state index in [9.17, 15) is 17.6 Å². The summed E-state index contributed by atoms with van der Waals surface area (Å²) in [5.74, 6) is -0.735. The first kappa shape index (κ1) is 26.3. The molecule has 0 spiro atoms. The van der Waals surface area contributed by atoms with Crippen molar-refractivity contribution >= 4 is 38.9 Å². The van der Waals surface area contributed by atoms with Gasteiger partial charge in [0.1, 0.15) is 5.82 Å². The summed E-state index contributed by atoms with van der Waals surface area (Å²) in [5.41, 5.74) is 1.79. The average Bonchev–Trinajstić information content (AvgIpc) is 3.22. The predicted octanol–water partition coefficient (Wildman–Crippen LogP) is 4.72. The Labute approximate surface area is 208 Å². The van der Waals surface area contributed by atoms with Crippen LogP contribution in [0.3, 0.4) is 0 Å². The molecule has 182 valence electrons. The SMILES string of the molecule is COCCN(CC(=O)N(Cc1ccc(F)cc1)Cc1sccc1C)S(=O)(=O)c1ccc(Cl)cc1. The summed E-state index contributed by atoms with van der Waals surface area (Å²) in [6.07, 6.45) is 0. The zero-order valence-corrected chi connectivity index (χ0v) is 21.3. The van der Waals surface area contributed by atoms with Crippen molar-refractivity contribution in [2.24, 2.45) is 0 Å². The van der Waals surface area contributed by atoms with Crippen molar-refractivity contribution in [1.29, 1.82) is 0 Å². The highest BCUT2D eigenvalue weighted by Crippen LogP contribution is 2.22.